The molecule has 1 heterocycles. The van der Waals surface area contributed by atoms with Gasteiger partial charge in [-0.3, -0.25) is 14.4 Å². The van der Waals surface area contributed by atoms with Crippen molar-refractivity contribution in [3.05, 3.63) is 59.7 Å². The van der Waals surface area contributed by atoms with Gasteiger partial charge in [0.05, 0.1) is 19.8 Å². The number of carbonyl (C=O) groups is 3. The number of morpholine rings is 1. The van der Waals surface area contributed by atoms with Gasteiger partial charge in [0.2, 0.25) is 5.91 Å². The molecule has 0 aromatic heterocycles. The summed E-state index contributed by atoms with van der Waals surface area (Å²) < 4.78 is 5.31. The Balaban J connectivity index is 1.57. The van der Waals surface area contributed by atoms with Crippen molar-refractivity contribution in [2.75, 3.05) is 56.6 Å². The molecule has 8 nitrogen and oxygen atoms in total. The number of hydrogen-bond acceptors (Lipinski definition) is 5. The Kier molecular flexibility index (Phi) is 9.46. The number of benzene rings is 2. The van der Waals surface area contributed by atoms with E-state index in [1.165, 1.54) is 0 Å². The number of amides is 3. The summed E-state index contributed by atoms with van der Waals surface area (Å²) in [7, 11) is 0. The highest BCUT2D eigenvalue weighted by atomic mass is 16.5. The molecule has 2 aromatic rings. The van der Waals surface area contributed by atoms with Crippen LogP contribution in [-0.2, 0) is 9.53 Å². The summed E-state index contributed by atoms with van der Waals surface area (Å²) in [4.78, 5) is 41.6. The Morgan fingerprint density at radius 1 is 0.912 bits per heavy atom. The first kappa shape index (κ1) is 25.2. The van der Waals surface area contributed by atoms with Gasteiger partial charge in [-0.05, 0) is 49.2 Å². The summed E-state index contributed by atoms with van der Waals surface area (Å²) in [6.45, 7) is 7.80. The summed E-state index contributed by atoms with van der Waals surface area (Å²) in [5.74, 6) is -0.314. The molecule has 182 valence electrons. The van der Waals surface area contributed by atoms with E-state index in [9.17, 15) is 14.4 Å². The molecule has 0 radical (unpaired) electrons. The number of carbonyl (C=O) groups excluding carboxylic acids is 3. The lowest BCUT2D eigenvalue weighted by atomic mass is 10.1. The number of nitrogens with zero attached hydrogens (tertiary/aromatic N) is 2. The Bertz CT molecular complexity index is 982. The maximum absolute atomic E-state index is 12.8. The van der Waals surface area contributed by atoms with Gasteiger partial charge in [-0.15, -0.1) is 0 Å². The third-order valence-electron chi connectivity index (χ3n) is 5.53. The highest BCUT2D eigenvalue weighted by molar-refractivity contribution is 5.98. The maximum Gasteiger partial charge on any atom is 0.254 e. The molecule has 0 unspecified atom stereocenters. The topological polar surface area (TPSA) is 91.0 Å². The molecule has 34 heavy (non-hydrogen) atoms. The zero-order valence-corrected chi connectivity index (χ0v) is 20.0. The van der Waals surface area contributed by atoms with E-state index in [2.05, 4.69) is 10.6 Å². The molecule has 2 N–H and O–H groups in total. The van der Waals surface area contributed by atoms with Crippen molar-refractivity contribution in [3.63, 3.8) is 0 Å². The van der Waals surface area contributed by atoms with Crippen molar-refractivity contribution in [1.29, 1.82) is 0 Å². The smallest absolute Gasteiger partial charge is 0.254 e. The Labute approximate surface area is 201 Å². The van der Waals surface area contributed by atoms with Gasteiger partial charge in [-0.1, -0.05) is 26.0 Å². The molecule has 0 spiro atoms. The minimum Gasteiger partial charge on any atom is -0.378 e. The third kappa shape index (κ3) is 7.05. The van der Waals surface area contributed by atoms with E-state index in [0.29, 0.717) is 61.9 Å². The Morgan fingerprint density at radius 3 is 2.21 bits per heavy atom. The molecule has 0 bridgehead atoms. The average Bonchev–Trinajstić information content (AvgIpc) is 2.87. The molecule has 1 aliphatic rings. The fourth-order valence-electron chi connectivity index (χ4n) is 3.87. The predicted octanol–water partition coefficient (Wildman–Crippen LogP) is 3.47. The van der Waals surface area contributed by atoms with E-state index in [0.717, 1.165) is 12.8 Å². The van der Waals surface area contributed by atoms with Gasteiger partial charge < -0.3 is 25.2 Å². The van der Waals surface area contributed by atoms with Crippen molar-refractivity contribution in [2.24, 2.45) is 0 Å². The largest absolute Gasteiger partial charge is 0.378 e. The molecule has 0 aliphatic carbocycles. The van der Waals surface area contributed by atoms with Crippen LogP contribution in [0.3, 0.4) is 0 Å². The van der Waals surface area contributed by atoms with Crippen LogP contribution < -0.4 is 10.6 Å². The number of ether oxygens (including phenoxy) is 1. The zero-order valence-electron chi connectivity index (χ0n) is 20.0. The molecule has 0 atom stereocenters. The Hall–Kier alpha value is -3.39. The molecular weight excluding hydrogens is 432 g/mol. The van der Waals surface area contributed by atoms with Crippen molar-refractivity contribution in [2.45, 2.75) is 26.7 Å². The summed E-state index contributed by atoms with van der Waals surface area (Å²) in [5.41, 5.74) is 2.39. The van der Waals surface area contributed by atoms with E-state index in [4.69, 9.17) is 4.74 Å². The van der Waals surface area contributed by atoms with Crippen LogP contribution in [0.5, 0.6) is 0 Å². The van der Waals surface area contributed by atoms with Crippen molar-refractivity contribution < 1.29 is 19.1 Å². The summed E-state index contributed by atoms with van der Waals surface area (Å²) >= 11 is 0. The lowest BCUT2D eigenvalue weighted by molar-refractivity contribution is -0.114. The van der Waals surface area contributed by atoms with Crippen LogP contribution >= 0.6 is 0 Å². The molecule has 8 heteroatoms. The van der Waals surface area contributed by atoms with Crippen molar-refractivity contribution in [3.8, 4) is 0 Å². The van der Waals surface area contributed by atoms with Gasteiger partial charge >= 0.3 is 0 Å². The molecule has 3 rings (SSSR count). The lowest BCUT2D eigenvalue weighted by Crippen LogP contribution is -2.40. The number of nitrogens with one attached hydrogen (secondary N) is 2. The van der Waals surface area contributed by atoms with Gasteiger partial charge in [0, 0.05) is 48.7 Å². The fourth-order valence-corrected chi connectivity index (χ4v) is 3.87. The molecular formula is C26H34N4O4. The second kappa shape index (κ2) is 12.7. The number of hydrogen-bond donors (Lipinski definition) is 2. The van der Waals surface area contributed by atoms with E-state index < -0.39 is 0 Å². The fraction of sp³-hybridized carbons (Fsp3) is 0.423. The van der Waals surface area contributed by atoms with Crippen LogP contribution in [0.15, 0.2) is 48.5 Å². The number of anilines is 2. The van der Waals surface area contributed by atoms with Crippen LogP contribution in [0.1, 0.15) is 47.4 Å². The van der Waals surface area contributed by atoms with E-state index in [1.807, 2.05) is 24.8 Å². The predicted molar refractivity (Wildman–Crippen MR) is 133 cm³/mol. The summed E-state index contributed by atoms with van der Waals surface area (Å²) in [5, 5.41) is 5.91. The SMILES string of the molecule is CCCN(CCC)C(=O)c1cccc(NC(=O)CNc2cccc(C(=O)N3CCOCC3)c2)c1. The first-order chi connectivity index (χ1) is 16.5. The van der Waals surface area contributed by atoms with Crippen LogP contribution in [0.25, 0.3) is 0 Å². The highest BCUT2D eigenvalue weighted by Gasteiger charge is 2.19. The standard InChI is InChI=1S/C26H34N4O4/c1-3-11-29(12-4-2)25(32)21-8-6-10-23(18-21)28-24(31)19-27-22-9-5-7-20(17-22)26(33)30-13-15-34-16-14-30/h5-10,17-18,27H,3-4,11-16,19H2,1-2H3,(H,28,31). The Morgan fingerprint density at radius 2 is 1.53 bits per heavy atom. The van der Waals surface area contributed by atoms with E-state index in [1.54, 1.807) is 47.4 Å². The quantitative estimate of drug-likeness (QED) is 0.560. The van der Waals surface area contributed by atoms with Gasteiger partial charge in [-0.2, -0.15) is 0 Å². The first-order valence-corrected chi connectivity index (χ1v) is 11.9. The highest BCUT2D eigenvalue weighted by Crippen LogP contribution is 2.16. The molecule has 0 saturated carbocycles. The van der Waals surface area contributed by atoms with Crippen molar-refractivity contribution >= 4 is 29.1 Å². The van der Waals surface area contributed by atoms with Gasteiger partial charge in [-0.25, -0.2) is 0 Å². The zero-order chi connectivity index (χ0) is 24.3. The second-order valence-electron chi connectivity index (χ2n) is 8.26. The summed E-state index contributed by atoms with van der Waals surface area (Å²) in [6, 6.07) is 14.1. The lowest BCUT2D eigenvalue weighted by Gasteiger charge is -2.27. The van der Waals surface area contributed by atoms with Crippen LogP contribution in [-0.4, -0.2) is 73.5 Å². The van der Waals surface area contributed by atoms with Crippen LogP contribution in [0.4, 0.5) is 11.4 Å². The van der Waals surface area contributed by atoms with Gasteiger partial charge in [0.15, 0.2) is 0 Å². The monoisotopic (exact) mass is 466 g/mol. The first-order valence-electron chi connectivity index (χ1n) is 11.9. The van der Waals surface area contributed by atoms with Crippen LogP contribution in [0, 0.1) is 0 Å². The minimum absolute atomic E-state index is 0.0281. The summed E-state index contributed by atoms with van der Waals surface area (Å²) in [6.07, 6.45) is 1.79. The second-order valence-corrected chi connectivity index (χ2v) is 8.26. The van der Waals surface area contributed by atoms with Gasteiger partial charge in [0.1, 0.15) is 0 Å². The van der Waals surface area contributed by atoms with Crippen LogP contribution in [0.2, 0.25) is 0 Å². The van der Waals surface area contributed by atoms with E-state index >= 15 is 0 Å². The molecule has 1 aliphatic heterocycles. The van der Waals surface area contributed by atoms with E-state index in [-0.39, 0.29) is 24.3 Å². The minimum atomic E-state index is -0.242. The molecule has 3 amide bonds. The molecule has 1 saturated heterocycles. The normalized spacial score (nSPS) is 13.3. The number of rotatable bonds is 10. The maximum atomic E-state index is 12.8. The molecule has 1 fully saturated rings. The van der Waals surface area contributed by atoms with Crippen molar-refractivity contribution in [1.82, 2.24) is 9.80 Å². The third-order valence-corrected chi connectivity index (χ3v) is 5.53. The van der Waals surface area contributed by atoms with Gasteiger partial charge in [0.25, 0.3) is 11.8 Å². The average molecular weight is 467 g/mol. The molecule has 2 aromatic carbocycles.